The van der Waals surface area contributed by atoms with Crippen LogP contribution in [0.4, 0.5) is 0 Å². The Hall–Kier alpha value is -1.26. The molecule has 1 heterocycles. The Bertz CT molecular complexity index is 556. The molecule has 0 spiro atoms. The number of carbonyl (C=O) groups is 2. The fourth-order valence-corrected chi connectivity index (χ4v) is 6.13. The highest BCUT2D eigenvalue weighted by molar-refractivity contribution is 7.78. The molecule has 0 radical (unpaired) electrons. The Balaban J connectivity index is 1.38. The van der Waals surface area contributed by atoms with Crippen LogP contribution in [-0.4, -0.2) is 59.5 Å². The summed E-state index contributed by atoms with van der Waals surface area (Å²) in [4.78, 5) is 32.8. The van der Waals surface area contributed by atoms with Gasteiger partial charge in [0.25, 0.3) is 0 Å². The molecule has 2 amide bonds. The van der Waals surface area contributed by atoms with Crippen LogP contribution in [0.25, 0.3) is 0 Å². The first-order chi connectivity index (χ1) is 11.6. The van der Waals surface area contributed by atoms with E-state index in [0.717, 1.165) is 37.0 Å². The van der Waals surface area contributed by atoms with Crippen molar-refractivity contribution >= 4 is 29.2 Å². The van der Waals surface area contributed by atoms with Crippen LogP contribution in [0.2, 0.25) is 0 Å². The normalized spacial score (nSPS) is 37.2. The summed E-state index contributed by atoms with van der Waals surface area (Å²) >= 11 is 4.51. The van der Waals surface area contributed by atoms with Gasteiger partial charge in [0.05, 0.1) is 10.6 Å². The minimum absolute atomic E-state index is 0.0192. The topological polar surface area (TPSA) is 53.0 Å². The molecule has 1 saturated heterocycles. The molecule has 0 atom stereocenters. The van der Waals surface area contributed by atoms with Crippen LogP contribution in [0.3, 0.4) is 0 Å². The van der Waals surface area contributed by atoms with Crippen LogP contribution in [0.15, 0.2) is 4.99 Å². The van der Waals surface area contributed by atoms with Crippen LogP contribution in [-0.2, 0) is 9.59 Å². The van der Waals surface area contributed by atoms with Crippen molar-refractivity contribution in [2.75, 3.05) is 32.7 Å². The molecule has 5 nitrogen and oxygen atoms in total. The van der Waals surface area contributed by atoms with E-state index >= 15 is 0 Å². The van der Waals surface area contributed by atoms with Crippen LogP contribution < -0.4 is 0 Å². The van der Waals surface area contributed by atoms with Crippen molar-refractivity contribution in [1.82, 2.24) is 9.80 Å². The third-order valence-corrected chi connectivity index (χ3v) is 6.82. The fourth-order valence-electron chi connectivity index (χ4n) is 6.07. The summed E-state index contributed by atoms with van der Waals surface area (Å²) in [6.07, 6.45) is 7.40. The molecule has 0 N–H and O–H groups in total. The van der Waals surface area contributed by atoms with Gasteiger partial charge < -0.3 is 9.80 Å². The van der Waals surface area contributed by atoms with E-state index in [1.54, 1.807) is 4.90 Å². The third kappa shape index (κ3) is 2.80. The highest BCUT2D eigenvalue weighted by Crippen LogP contribution is 2.60. The van der Waals surface area contributed by atoms with Gasteiger partial charge in [0, 0.05) is 26.2 Å². The van der Waals surface area contributed by atoms with Crippen LogP contribution in [0, 0.1) is 23.2 Å². The van der Waals surface area contributed by atoms with Crippen molar-refractivity contribution in [3.63, 3.8) is 0 Å². The van der Waals surface area contributed by atoms with Gasteiger partial charge in [-0.1, -0.05) is 0 Å². The molecule has 5 aliphatic rings. The lowest BCUT2D eigenvalue weighted by Gasteiger charge is -2.57. The molecular formula is C18H25N3O2S. The lowest BCUT2D eigenvalue weighted by Crippen LogP contribution is -2.58. The largest absolute Gasteiger partial charge is 0.339 e. The molecule has 4 saturated carbocycles. The van der Waals surface area contributed by atoms with Gasteiger partial charge in [-0.3, -0.25) is 9.59 Å². The molecule has 0 aromatic heterocycles. The number of rotatable bonds is 3. The third-order valence-electron chi connectivity index (χ3n) is 6.69. The number of nitrogens with zero attached hydrogens (tertiary/aromatic N) is 3. The summed E-state index contributed by atoms with van der Waals surface area (Å²) in [6, 6.07) is 0. The van der Waals surface area contributed by atoms with Crippen molar-refractivity contribution in [2.24, 2.45) is 28.2 Å². The smallest absolute Gasteiger partial charge is 0.245 e. The molecule has 6 heteroatoms. The van der Waals surface area contributed by atoms with Gasteiger partial charge in [-0.15, -0.1) is 0 Å². The second-order valence-electron chi connectivity index (χ2n) is 8.28. The van der Waals surface area contributed by atoms with Gasteiger partial charge in [-0.25, -0.2) is 4.99 Å². The summed E-state index contributed by atoms with van der Waals surface area (Å²) in [5, 5.41) is 2.24. The minimum Gasteiger partial charge on any atom is -0.339 e. The fraction of sp³-hybridized carbons (Fsp3) is 0.833. The van der Waals surface area contributed by atoms with Crippen molar-refractivity contribution in [3.05, 3.63) is 0 Å². The SMILES string of the molecule is O=C(CN=C=S)N1CCN(C(=O)C23CC4CC(CC(C4)C2)C3)CC1. The molecule has 0 aromatic carbocycles. The first-order valence-corrected chi connectivity index (χ1v) is 9.61. The van der Waals surface area contributed by atoms with Gasteiger partial charge in [-0.05, 0) is 68.5 Å². The van der Waals surface area contributed by atoms with E-state index in [-0.39, 0.29) is 17.9 Å². The van der Waals surface area contributed by atoms with E-state index in [9.17, 15) is 9.59 Å². The zero-order chi connectivity index (χ0) is 16.7. The van der Waals surface area contributed by atoms with Crippen LogP contribution in [0.1, 0.15) is 38.5 Å². The molecule has 5 rings (SSSR count). The zero-order valence-corrected chi connectivity index (χ0v) is 14.9. The molecule has 4 bridgehead atoms. The summed E-state index contributed by atoms with van der Waals surface area (Å²) < 4.78 is 0. The lowest BCUT2D eigenvalue weighted by atomic mass is 9.49. The maximum absolute atomic E-state index is 13.3. The first-order valence-electron chi connectivity index (χ1n) is 9.20. The first kappa shape index (κ1) is 16.2. The maximum atomic E-state index is 13.3. The summed E-state index contributed by atoms with van der Waals surface area (Å²) in [5.74, 6) is 2.72. The Morgan fingerprint density at radius 2 is 1.46 bits per heavy atom. The van der Waals surface area contributed by atoms with Crippen molar-refractivity contribution in [1.29, 1.82) is 0 Å². The number of thiocarbonyl (C=S) groups is 1. The van der Waals surface area contributed by atoms with E-state index in [4.69, 9.17) is 0 Å². The lowest BCUT2D eigenvalue weighted by molar-refractivity contribution is -0.160. The molecule has 1 aliphatic heterocycles. The number of hydrogen-bond acceptors (Lipinski definition) is 4. The Morgan fingerprint density at radius 3 is 1.96 bits per heavy atom. The number of carbonyl (C=O) groups excluding carboxylic acids is 2. The molecule has 0 unspecified atom stereocenters. The monoisotopic (exact) mass is 347 g/mol. The summed E-state index contributed by atoms with van der Waals surface area (Å²) in [6.45, 7) is 2.63. The molecule has 0 aromatic rings. The quantitative estimate of drug-likeness (QED) is 0.579. The van der Waals surface area contributed by atoms with Crippen molar-refractivity contribution < 1.29 is 9.59 Å². The van der Waals surface area contributed by atoms with Gasteiger partial charge in [0.15, 0.2) is 0 Å². The number of isothiocyanates is 1. The van der Waals surface area contributed by atoms with Gasteiger partial charge in [-0.2, -0.15) is 0 Å². The Kier molecular flexibility index (Phi) is 4.21. The molecule has 5 fully saturated rings. The standard InChI is InChI=1S/C18H25N3O2S/c22-16(11-19-12-24)20-1-3-21(4-2-20)17(23)18-8-13-5-14(9-18)7-15(6-13)10-18/h13-15H,1-11H2. The Labute approximate surface area is 148 Å². The second-order valence-corrected chi connectivity index (χ2v) is 8.46. The molecular weight excluding hydrogens is 322 g/mol. The van der Waals surface area contributed by atoms with Crippen LogP contribution >= 0.6 is 12.2 Å². The predicted molar refractivity (Wildman–Crippen MR) is 93.7 cm³/mol. The molecule has 24 heavy (non-hydrogen) atoms. The van der Waals surface area contributed by atoms with E-state index in [2.05, 4.69) is 22.4 Å². The van der Waals surface area contributed by atoms with Crippen LogP contribution in [0.5, 0.6) is 0 Å². The number of aliphatic imine (C=N–C) groups is 1. The maximum Gasteiger partial charge on any atom is 0.245 e. The van der Waals surface area contributed by atoms with Gasteiger partial charge in [0.1, 0.15) is 6.54 Å². The summed E-state index contributed by atoms with van der Waals surface area (Å²) in [7, 11) is 0. The van der Waals surface area contributed by atoms with E-state index < -0.39 is 0 Å². The van der Waals surface area contributed by atoms with E-state index in [0.29, 0.717) is 32.1 Å². The number of amides is 2. The second kappa shape index (κ2) is 6.23. The van der Waals surface area contributed by atoms with Gasteiger partial charge >= 0.3 is 0 Å². The van der Waals surface area contributed by atoms with E-state index in [1.165, 1.54) is 19.3 Å². The highest BCUT2D eigenvalue weighted by Gasteiger charge is 2.55. The number of piperazine rings is 1. The molecule has 4 aliphatic carbocycles. The summed E-state index contributed by atoms with van der Waals surface area (Å²) in [5.41, 5.74) is -0.0670. The highest BCUT2D eigenvalue weighted by atomic mass is 32.1. The zero-order valence-electron chi connectivity index (χ0n) is 14.1. The number of hydrogen-bond donors (Lipinski definition) is 0. The molecule has 130 valence electrons. The average molecular weight is 347 g/mol. The predicted octanol–water partition coefficient (Wildman–Crippen LogP) is 1.98. The van der Waals surface area contributed by atoms with E-state index in [1.807, 2.05) is 4.90 Å². The van der Waals surface area contributed by atoms with Crippen molar-refractivity contribution in [2.45, 2.75) is 38.5 Å². The Morgan fingerprint density at radius 1 is 0.958 bits per heavy atom. The average Bonchev–Trinajstić information content (AvgIpc) is 2.58. The van der Waals surface area contributed by atoms with Crippen molar-refractivity contribution in [3.8, 4) is 0 Å². The van der Waals surface area contributed by atoms with Gasteiger partial charge in [0.2, 0.25) is 11.8 Å². The minimum atomic E-state index is -0.0670.